The van der Waals surface area contributed by atoms with E-state index in [1.165, 1.54) is 18.2 Å². The van der Waals surface area contributed by atoms with E-state index in [-0.39, 0.29) is 33.9 Å². The lowest BCUT2D eigenvalue weighted by Crippen LogP contribution is -2.53. The lowest BCUT2D eigenvalue weighted by Gasteiger charge is -2.42. The smallest absolute Gasteiger partial charge is 0.410 e. The Bertz CT molecular complexity index is 1540. The van der Waals surface area contributed by atoms with Gasteiger partial charge in [-0.15, -0.1) is 0 Å². The van der Waals surface area contributed by atoms with E-state index < -0.39 is 27.8 Å². The van der Waals surface area contributed by atoms with Crippen LogP contribution in [0.5, 0.6) is 0 Å². The number of rotatable bonds is 6. The molecule has 1 saturated heterocycles. The maximum absolute atomic E-state index is 13.7. The maximum Gasteiger partial charge on any atom is 0.410 e. The number of carbonyl (C=O) groups excluding carboxylic acids is 2. The summed E-state index contributed by atoms with van der Waals surface area (Å²) < 4.78 is 33.4. The summed E-state index contributed by atoms with van der Waals surface area (Å²) in [5.74, 6) is -0.221. The minimum absolute atomic E-state index is 0.00345. The van der Waals surface area contributed by atoms with E-state index in [0.29, 0.717) is 29.2 Å². The van der Waals surface area contributed by atoms with Gasteiger partial charge in [-0.2, -0.15) is 0 Å². The van der Waals surface area contributed by atoms with Crippen LogP contribution in [-0.2, 0) is 21.3 Å². The zero-order valence-electron chi connectivity index (χ0n) is 22.7. The van der Waals surface area contributed by atoms with Gasteiger partial charge in [0.25, 0.3) is 5.91 Å². The summed E-state index contributed by atoms with van der Waals surface area (Å²) in [5, 5.41) is 0.923. The first-order valence-corrected chi connectivity index (χ1v) is 15.4. The molecule has 4 rings (SSSR count). The third kappa shape index (κ3) is 7.93. The SMILES string of the molecule is CC(C)(C)OC(=O)N1CCN(C(=O)c2ccc(CNS(=O)(=O)c3ccc(Cl)c(Cl)c3)cc2)C(c2cccc(Cl)c2)C1. The molecule has 2 amide bonds. The first-order valence-electron chi connectivity index (χ1n) is 12.8. The van der Waals surface area contributed by atoms with Crippen LogP contribution in [-0.4, -0.2) is 55.5 Å². The number of sulfonamides is 1. The van der Waals surface area contributed by atoms with Crippen LogP contribution in [0.15, 0.2) is 71.6 Å². The van der Waals surface area contributed by atoms with Crippen molar-refractivity contribution in [3.05, 3.63) is 98.5 Å². The zero-order valence-corrected chi connectivity index (χ0v) is 25.8. The first kappa shape index (κ1) is 31.1. The van der Waals surface area contributed by atoms with Gasteiger partial charge in [0.15, 0.2) is 0 Å². The molecule has 3 aromatic carbocycles. The molecule has 0 aromatic heterocycles. The van der Waals surface area contributed by atoms with Gasteiger partial charge in [-0.1, -0.05) is 59.1 Å². The monoisotopic (exact) mass is 637 g/mol. The molecular formula is C29H30Cl3N3O5S. The van der Waals surface area contributed by atoms with Crippen LogP contribution in [0.4, 0.5) is 4.79 Å². The third-order valence-electron chi connectivity index (χ3n) is 6.39. The number of nitrogens with one attached hydrogen (secondary N) is 1. The van der Waals surface area contributed by atoms with Crippen LogP contribution in [0.25, 0.3) is 0 Å². The second-order valence-corrected chi connectivity index (χ2v) is 13.6. The summed E-state index contributed by atoms with van der Waals surface area (Å²) in [4.78, 5) is 29.8. The van der Waals surface area contributed by atoms with Gasteiger partial charge in [0, 0.05) is 36.8 Å². The summed E-state index contributed by atoms with van der Waals surface area (Å²) in [6, 6.07) is 17.5. The number of benzene rings is 3. The van der Waals surface area contributed by atoms with Crippen LogP contribution < -0.4 is 4.72 Å². The largest absolute Gasteiger partial charge is 0.444 e. The molecule has 41 heavy (non-hydrogen) atoms. The third-order valence-corrected chi connectivity index (χ3v) is 8.77. The molecule has 8 nitrogen and oxygen atoms in total. The molecular weight excluding hydrogens is 609 g/mol. The molecule has 3 aromatic rings. The van der Waals surface area contributed by atoms with Crippen LogP contribution in [0.2, 0.25) is 15.1 Å². The Kier molecular flexibility index (Phi) is 9.56. The quantitative estimate of drug-likeness (QED) is 0.330. The normalized spacial score (nSPS) is 16.0. The van der Waals surface area contributed by atoms with Crippen molar-refractivity contribution >= 4 is 56.8 Å². The lowest BCUT2D eigenvalue weighted by atomic mass is 10.0. The Morgan fingerprint density at radius 3 is 2.29 bits per heavy atom. The molecule has 0 spiro atoms. The number of halogens is 3. The molecule has 1 N–H and O–H groups in total. The molecule has 218 valence electrons. The highest BCUT2D eigenvalue weighted by Gasteiger charge is 2.35. The zero-order chi connectivity index (χ0) is 29.9. The highest BCUT2D eigenvalue weighted by atomic mass is 35.5. The van der Waals surface area contributed by atoms with Gasteiger partial charge in [0.05, 0.1) is 21.0 Å². The molecule has 0 aliphatic carbocycles. The topological polar surface area (TPSA) is 96.0 Å². The fraction of sp³-hybridized carbons (Fsp3) is 0.310. The van der Waals surface area contributed by atoms with E-state index in [1.807, 2.05) is 6.07 Å². The molecule has 0 bridgehead atoms. The highest BCUT2D eigenvalue weighted by molar-refractivity contribution is 7.89. The van der Waals surface area contributed by atoms with Crippen LogP contribution in [0, 0.1) is 0 Å². The summed E-state index contributed by atoms with van der Waals surface area (Å²) in [6.07, 6.45) is -0.440. The Labute approximate surface area is 255 Å². The summed E-state index contributed by atoms with van der Waals surface area (Å²) >= 11 is 18.1. The number of nitrogens with zero attached hydrogens (tertiary/aromatic N) is 2. The summed E-state index contributed by atoms with van der Waals surface area (Å²) in [7, 11) is -3.83. The van der Waals surface area contributed by atoms with E-state index >= 15 is 0 Å². The van der Waals surface area contributed by atoms with Gasteiger partial charge in [-0.05, 0) is 74.4 Å². The van der Waals surface area contributed by atoms with Crippen LogP contribution in [0.1, 0.15) is 48.3 Å². The number of hydrogen-bond donors (Lipinski definition) is 1. The lowest BCUT2D eigenvalue weighted by molar-refractivity contribution is 0.00408. The molecule has 1 fully saturated rings. The van der Waals surface area contributed by atoms with Crippen LogP contribution >= 0.6 is 34.8 Å². The predicted molar refractivity (Wildman–Crippen MR) is 160 cm³/mol. The van der Waals surface area contributed by atoms with Crippen molar-refractivity contribution in [3.63, 3.8) is 0 Å². The molecule has 1 atom stereocenters. The van der Waals surface area contributed by atoms with Gasteiger partial charge >= 0.3 is 6.09 Å². The van der Waals surface area contributed by atoms with Crippen molar-refractivity contribution in [2.45, 2.75) is 43.9 Å². The number of hydrogen-bond acceptors (Lipinski definition) is 5. The van der Waals surface area contributed by atoms with Crippen molar-refractivity contribution in [2.75, 3.05) is 19.6 Å². The summed E-state index contributed by atoms with van der Waals surface area (Å²) in [6.45, 7) is 6.28. The number of carbonyl (C=O) groups is 2. The predicted octanol–water partition coefficient (Wildman–Crippen LogP) is 6.56. The van der Waals surface area contributed by atoms with Gasteiger partial charge < -0.3 is 14.5 Å². The average molecular weight is 639 g/mol. The Morgan fingerprint density at radius 1 is 0.951 bits per heavy atom. The van der Waals surface area contributed by atoms with Crippen molar-refractivity contribution < 1.29 is 22.7 Å². The van der Waals surface area contributed by atoms with Crippen molar-refractivity contribution in [3.8, 4) is 0 Å². The summed E-state index contributed by atoms with van der Waals surface area (Å²) in [5.41, 5.74) is 1.24. The minimum Gasteiger partial charge on any atom is -0.444 e. The molecule has 0 saturated carbocycles. The first-order chi connectivity index (χ1) is 19.2. The number of ether oxygens (including phenoxy) is 1. The molecule has 12 heteroatoms. The fourth-order valence-electron chi connectivity index (χ4n) is 4.35. The second-order valence-electron chi connectivity index (χ2n) is 10.6. The van der Waals surface area contributed by atoms with E-state index in [9.17, 15) is 18.0 Å². The van der Waals surface area contributed by atoms with E-state index in [1.54, 1.807) is 73.0 Å². The Morgan fingerprint density at radius 2 is 1.66 bits per heavy atom. The van der Waals surface area contributed by atoms with Gasteiger partial charge in [0.1, 0.15) is 5.60 Å². The maximum atomic E-state index is 13.7. The van der Waals surface area contributed by atoms with E-state index in [0.717, 1.165) is 5.56 Å². The average Bonchev–Trinajstić information content (AvgIpc) is 2.92. The van der Waals surface area contributed by atoms with Gasteiger partial charge in [-0.25, -0.2) is 17.9 Å². The van der Waals surface area contributed by atoms with Gasteiger partial charge in [-0.3, -0.25) is 4.79 Å². The minimum atomic E-state index is -3.83. The molecule has 1 aliphatic rings. The standard InChI is InChI=1S/C29H30Cl3N3O5S/c1-29(2,3)40-28(37)34-13-14-35(26(18-34)21-5-4-6-22(30)15-21)27(36)20-9-7-19(8-10-20)17-33-41(38,39)23-11-12-24(31)25(32)16-23/h4-12,15-16,26,33H,13-14,17-18H2,1-3H3. The van der Waals surface area contributed by atoms with Crippen LogP contribution in [0.3, 0.4) is 0 Å². The highest BCUT2D eigenvalue weighted by Crippen LogP contribution is 2.30. The number of amides is 2. The Balaban J connectivity index is 1.49. The molecule has 0 radical (unpaired) electrons. The van der Waals surface area contributed by atoms with Crippen molar-refractivity contribution in [2.24, 2.45) is 0 Å². The number of piperazine rings is 1. The Hall–Kier alpha value is -2.82. The molecule has 1 heterocycles. The van der Waals surface area contributed by atoms with Crippen molar-refractivity contribution in [1.29, 1.82) is 0 Å². The van der Waals surface area contributed by atoms with Crippen molar-refractivity contribution in [1.82, 2.24) is 14.5 Å². The van der Waals surface area contributed by atoms with Gasteiger partial charge in [0.2, 0.25) is 10.0 Å². The molecule has 1 unspecified atom stereocenters. The molecule has 1 aliphatic heterocycles. The second kappa shape index (κ2) is 12.6. The fourth-order valence-corrected chi connectivity index (χ4v) is 5.96. The van der Waals surface area contributed by atoms with E-state index in [2.05, 4.69) is 4.72 Å². The van der Waals surface area contributed by atoms with E-state index in [4.69, 9.17) is 39.5 Å².